The highest BCUT2D eigenvalue weighted by molar-refractivity contribution is 7.89. The molecule has 1 amide bonds. The first kappa shape index (κ1) is 12.4. The fourth-order valence-corrected chi connectivity index (χ4v) is 1.92. The number of sulfonamides is 1. The molecule has 0 aromatic carbocycles. The topological polar surface area (TPSA) is 101 Å². The van der Waals surface area contributed by atoms with Crippen LogP contribution < -0.4 is 15.8 Å². The Morgan fingerprint density at radius 1 is 1.53 bits per heavy atom. The Morgan fingerprint density at radius 2 is 2.27 bits per heavy atom. The van der Waals surface area contributed by atoms with Gasteiger partial charge in [0.2, 0.25) is 15.9 Å². The Labute approximate surface area is 89.6 Å². The van der Waals surface area contributed by atoms with Crippen LogP contribution in [0.2, 0.25) is 0 Å². The molecule has 0 aliphatic carbocycles. The molecule has 15 heavy (non-hydrogen) atoms. The monoisotopic (exact) mass is 235 g/mol. The zero-order valence-electron chi connectivity index (χ0n) is 8.53. The highest BCUT2D eigenvalue weighted by Gasteiger charge is 2.20. The molecule has 0 saturated carbocycles. The van der Waals surface area contributed by atoms with Crippen LogP contribution in [0.25, 0.3) is 0 Å². The number of carbonyl (C=O) groups is 1. The van der Waals surface area contributed by atoms with E-state index in [1.54, 1.807) is 0 Å². The van der Waals surface area contributed by atoms with Gasteiger partial charge in [-0.05, 0) is 19.4 Å². The second-order valence-corrected chi connectivity index (χ2v) is 5.44. The van der Waals surface area contributed by atoms with E-state index in [0.717, 1.165) is 19.4 Å². The van der Waals surface area contributed by atoms with Gasteiger partial charge < -0.3 is 10.6 Å². The first-order valence-electron chi connectivity index (χ1n) is 4.98. The second-order valence-electron chi connectivity index (χ2n) is 3.70. The lowest BCUT2D eigenvalue weighted by Crippen LogP contribution is -2.42. The van der Waals surface area contributed by atoms with Crippen LogP contribution in [0.5, 0.6) is 0 Å². The van der Waals surface area contributed by atoms with Crippen molar-refractivity contribution in [2.45, 2.75) is 12.8 Å². The van der Waals surface area contributed by atoms with Crippen molar-refractivity contribution < 1.29 is 13.2 Å². The van der Waals surface area contributed by atoms with Crippen LogP contribution in [0.4, 0.5) is 0 Å². The van der Waals surface area contributed by atoms with Gasteiger partial charge in [-0.3, -0.25) is 4.79 Å². The Balaban J connectivity index is 2.23. The second kappa shape index (κ2) is 5.43. The van der Waals surface area contributed by atoms with E-state index in [4.69, 9.17) is 5.14 Å². The largest absolute Gasteiger partial charge is 0.355 e. The molecule has 0 spiro atoms. The molecule has 0 aromatic rings. The molecule has 0 bridgehead atoms. The molecule has 88 valence electrons. The highest BCUT2D eigenvalue weighted by Crippen LogP contribution is 2.09. The lowest BCUT2D eigenvalue weighted by Gasteiger charge is -2.21. The Morgan fingerprint density at radius 3 is 2.80 bits per heavy atom. The van der Waals surface area contributed by atoms with Gasteiger partial charge in [0.05, 0.1) is 11.7 Å². The minimum absolute atomic E-state index is 0.0424. The van der Waals surface area contributed by atoms with E-state index in [1.165, 1.54) is 0 Å². The third kappa shape index (κ3) is 5.10. The van der Waals surface area contributed by atoms with Crippen LogP contribution in [0.1, 0.15) is 12.8 Å². The summed E-state index contributed by atoms with van der Waals surface area (Å²) in [6.07, 6.45) is 1.83. The van der Waals surface area contributed by atoms with Gasteiger partial charge in [-0.2, -0.15) is 0 Å². The molecule has 1 atom stereocenters. The van der Waals surface area contributed by atoms with E-state index in [9.17, 15) is 13.2 Å². The summed E-state index contributed by atoms with van der Waals surface area (Å²) in [5, 5.41) is 10.5. The van der Waals surface area contributed by atoms with Gasteiger partial charge in [0, 0.05) is 13.1 Å². The number of nitrogens with one attached hydrogen (secondary N) is 2. The van der Waals surface area contributed by atoms with E-state index >= 15 is 0 Å². The number of hydrogen-bond donors (Lipinski definition) is 3. The Bertz CT molecular complexity index is 309. The molecule has 1 fully saturated rings. The van der Waals surface area contributed by atoms with Crippen molar-refractivity contribution in [1.82, 2.24) is 10.6 Å². The standard InChI is InChI=1S/C8H17N3O3S/c9-15(13,14)5-4-11-8(12)7-2-1-3-10-6-7/h7,10H,1-6H2,(H,11,12)(H2,9,13,14)/t7-/m0/s1. The molecular formula is C8H17N3O3S. The van der Waals surface area contributed by atoms with Crippen LogP contribution in [0.15, 0.2) is 0 Å². The normalized spacial score (nSPS) is 22.3. The summed E-state index contributed by atoms with van der Waals surface area (Å²) >= 11 is 0. The van der Waals surface area contributed by atoms with Crippen molar-refractivity contribution in [3.63, 3.8) is 0 Å². The molecule has 1 rings (SSSR count). The maximum atomic E-state index is 11.5. The van der Waals surface area contributed by atoms with Crippen molar-refractivity contribution in [1.29, 1.82) is 0 Å². The molecular weight excluding hydrogens is 218 g/mol. The summed E-state index contributed by atoms with van der Waals surface area (Å²) in [6, 6.07) is 0. The van der Waals surface area contributed by atoms with E-state index in [0.29, 0.717) is 6.54 Å². The van der Waals surface area contributed by atoms with Gasteiger partial charge >= 0.3 is 0 Å². The van der Waals surface area contributed by atoms with Crippen LogP contribution in [0, 0.1) is 5.92 Å². The lowest BCUT2D eigenvalue weighted by molar-refractivity contribution is -0.125. The number of amides is 1. The van der Waals surface area contributed by atoms with E-state index < -0.39 is 10.0 Å². The van der Waals surface area contributed by atoms with Gasteiger partial charge in [0.15, 0.2) is 0 Å². The van der Waals surface area contributed by atoms with Crippen molar-refractivity contribution >= 4 is 15.9 Å². The number of primary sulfonamides is 1. The molecule has 1 aliphatic rings. The zero-order chi connectivity index (χ0) is 11.3. The first-order valence-corrected chi connectivity index (χ1v) is 6.69. The predicted molar refractivity (Wildman–Crippen MR) is 56.6 cm³/mol. The maximum absolute atomic E-state index is 11.5. The van der Waals surface area contributed by atoms with Gasteiger partial charge in [-0.15, -0.1) is 0 Å². The van der Waals surface area contributed by atoms with E-state index in [1.807, 2.05) is 0 Å². The maximum Gasteiger partial charge on any atom is 0.224 e. The molecule has 0 aromatic heterocycles. The SMILES string of the molecule is NS(=O)(=O)CCNC(=O)[C@H]1CCCNC1. The summed E-state index contributed by atoms with van der Waals surface area (Å²) in [5.41, 5.74) is 0. The summed E-state index contributed by atoms with van der Waals surface area (Å²) in [4.78, 5) is 11.5. The molecule has 1 saturated heterocycles. The number of carbonyl (C=O) groups excluding carboxylic acids is 1. The molecule has 7 heteroatoms. The van der Waals surface area contributed by atoms with E-state index in [2.05, 4.69) is 10.6 Å². The van der Waals surface area contributed by atoms with Crippen LogP contribution in [-0.4, -0.2) is 39.7 Å². The summed E-state index contributed by atoms with van der Waals surface area (Å²) in [6.45, 7) is 1.70. The van der Waals surface area contributed by atoms with Gasteiger partial charge in [0.25, 0.3) is 0 Å². The zero-order valence-corrected chi connectivity index (χ0v) is 9.35. The number of hydrogen-bond acceptors (Lipinski definition) is 4. The number of rotatable bonds is 4. The minimum atomic E-state index is -3.48. The van der Waals surface area contributed by atoms with Gasteiger partial charge in [0.1, 0.15) is 0 Å². The molecule has 4 N–H and O–H groups in total. The van der Waals surface area contributed by atoms with Crippen LogP contribution in [0.3, 0.4) is 0 Å². The molecule has 0 unspecified atom stereocenters. The minimum Gasteiger partial charge on any atom is -0.355 e. The lowest BCUT2D eigenvalue weighted by atomic mass is 9.99. The predicted octanol–water partition coefficient (Wildman–Crippen LogP) is -1.61. The fourth-order valence-electron chi connectivity index (χ4n) is 1.54. The van der Waals surface area contributed by atoms with Crippen LogP contribution in [-0.2, 0) is 14.8 Å². The van der Waals surface area contributed by atoms with Gasteiger partial charge in [-0.25, -0.2) is 13.6 Å². The van der Waals surface area contributed by atoms with Crippen molar-refractivity contribution in [2.75, 3.05) is 25.4 Å². The number of nitrogens with two attached hydrogens (primary N) is 1. The average molecular weight is 235 g/mol. The Kier molecular flexibility index (Phi) is 4.49. The highest BCUT2D eigenvalue weighted by atomic mass is 32.2. The fraction of sp³-hybridized carbons (Fsp3) is 0.875. The van der Waals surface area contributed by atoms with E-state index in [-0.39, 0.29) is 24.1 Å². The summed E-state index contributed by atoms with van der Waals surface area (Å²) in [7, 11) is -3.48. The van der Waals surface area contributed by atoms with Crippen LogP contribution >= 0.6 is 0 Å². The molecule has 1 heterocycles. The summed E-state index contributed by atoms with van der Waals surface area (Å²) < 4.78 is 21.2. The van der Waals surface area contributed by atoms with Crippen molar-refractivity contribution in [2.24, 2.45) is 11.1 Å². The molecule has 1 aliphatic heterocycles. The smallest absolute Gasteiger partial charge is 0.224 e. The number of piperidine rings is 1. The third-order valence-corrected chi connectivity index (χ3v) is 3.13. The Hall–Kier alpha value is -0.660. The quantitative estimate of drug-likeness (QED) is 0.545. The first-order chi connectivity index (χ1) is 6.99. The van der Waals surface area contributed by atoms with Crippen molar-refractivity contribution in [3.8, 4) is 0 Å². The average Bonchev–Trinajstić information content (AvgIpc) is 2.17. The molecule has 0 radical (unpaired) electrons. The van der Waals surface area contributed by atoms with Gasteiger partial charge in [-0.1, -0.05) is 0 Å². The summed E-state index contributed by atoms with van der Waals surface area (Å²) in [5.74, 6) is -0.344. The van der Waals surface area contributed by atoms with Crippen molar-refractivity contribution in [3.05, 3.63) is 0 Å². The third-order valence-electron chi connectivity index (χ3n) is 2.35. The molecule has 6 nitrogen and oxygen atoms in total.